The van der Waals surface area contributed by atoms with Crippen LogP contribution in [0.1, 0.15) is 17.2 Å². The van der Waals surface area contributed by atoms with Crippen LogP contribution in [0.2, 0.25) is 5.02 Å². The molecule has 18 heavy (non-hydrogen) atoms. The molecule has 1 aromatic heterocycles. The standard InChI is InChI=1S/C13H13ClIN3/c14-11-8-17-6-5-9(11)7-13(18-16)10-3-1-2-4-12(10)15/h1-6,8,13,18H,7,16H2. The van der Waals surface area contributed by atoms with Crippen LogP contribution in [0.5, 0.6) is 0 Å². The summed E-state index contributed by atoms with van der Waals surface area (Å²) in [4.78, 5) is 3.98. The monoisotopic (exact) mass is 373 g/mol. The zero-order chi connectivity index (χ0) is 13.0. The number of hydrazine groups is 1. The molecule has 0 saturated carbocycles. The Hall–Kier alpha value is -0.690. The van der Waals surface area contributed by atoms with Gasteiger partial charge in [-0.25, -0.2) is 0 Å². The second-order valence-electron chi connectivity index (χ2n) is 3.91. The Balaban J connectivity index is 2.26. The molecule has 1 atom stereocenters. The molecule has 0 aliphatic carbocycles. The van der Waals surface area contributed by atoms with Crippen molar-refractivity contribution >= 4 is 34.2 Å². The molecule has 0 fully saturated rings. The average Bonchev–Trinajstić information content (AvgIpc) is 2.39. The van der Waals surface area contributed by atoms with Crippen molar-refractivity contribution in [1.29, 1.82) is 0 Å². The number of benzene rings is 1. The summed E-state index contributed by atoms with van der Waals surface area (Å²) in [5.74, 6) is 5.66. The SMILES string of the molecule is NNC(Cc1ccncc1Cl)c1ccccc1I. The van der Waals surface area contributed by atoms with Gasteiger partial charge in [-0.3, -0.25) is 16.3 Å². The molecule has 2 rings (SSSR count). The van der Waals surface area contributed by atoms with Gasteiger partial charge in [-0.05, 0) is 52.3 Å². The lowest BCUT2D eigenvalue weighted by Gasteiger charge is -2.18. The fourth-order valence-corrected chi connectivity index (χ4v) is 2.77. The lowest BCUT2D eigenvalue weighted by atomic mass is 10.0. The van der Waals surface area contributed by atoms with Crippen LogP contribution < -0.4 is 11.3 Å². The first-order valence-electron chi connectivity index (χ1n) is 5.51. The largest absolute Gasteiger partial charge is 0.271 e. The van der Waals surface area contributed by atoms with Crippen LogP contribution in [-0.4, -0.2) is 4.98 Å². The molecule has 1 aromatic carbocycles. The van der Waals surface area contributed by atoms with E-state index in [2.05, 4.69) is 45.1 Å². The molecule has 0 saturated heterocycles. The third-order valence-electron chi connectivity index (χ3n) is 2.76. The zero-order valence-electron chi connectivity index (χ0n) is 9.61. The van der Waals surface area contributed by atoms with Gasteiger partial charge in [0.1, 0.15) is 0 Å². The number of nitrogens with two attached hydrogens (primary N) is 1. The van der Waals surface area contributed by atoms with E-state index in [1.54, 1.807) is 12.4 Å². The maximum Gasteiger partial charge on any atom is 0.0622 e. The summed E-state index contributed by atoms with van der Waals surface area (Å²) < 4.78 is 1.18. The molecule has 94 valence electrons. The third kappa shape index (κ3) is 3.20. The smallest absolute Gasteiger partial charge is 0.0622 e. The quantitative estimate of drug-likeness (QED) is 0.492. The normalized spacial score (nSPS) is 12.4. The van der Waals surface area contributed by atoms with Crippen molar-refractivity contribution in [3.05, 3.63) is 62.4 Å². The number of halogens is 2. The molecule has 3 N–H and O–H groups in total. The maximum absolute atomic E-state index is 6.12. The van der Waals surface area contributed by atoms with E-state index in [9.17, 15) is 0 Å². The van der Waals surface area contributed by atoms with Gasteiger partial charge in [0, 0.05) is 16.0 Å². The van der Waals surface area contributed by atoms with E-state index < -0.39 is 0 Å². The van der Waals surface area contributed by atoms with Crippen LogP contribution in [0.4, 0.5) is 0 Å². The van der Waals surface area contributed by atoms with Crippen molar-refractivity contribution in [2.24, 2.45) is 5.84 Å². The second kappa shape index (κ2) is 6.47. The van der Waals surface area contributed by atoms with E-state index in [1.807, 2.05) is 18.2 Å². The minimum absolute atomic E-state index is 0.0398. The second-order valence-corrected chi connectivity index (χ2v) is 5.48. The Bertz CT molecular complexity index is 533. The minimum Gasteiger partial charge on any atom is -0.271 e. The van der Waals surface area contributed by atoms with E-state index in [1.165, 1.54) is 9.13 Å². The van der Waals surface area contributed by atoms with Gasteiger partial charge in [0.25, 0.3) is 0 Å². The number of nitrogens with zero attached hydrogens (tertiary/aromatic N) is 1. The van der Waals surface area contributed by atoms with Crippen molar-refractivity contribution in [1.82, 2.24) is 10.4 Å². The Labute approximate surface area is 125 Å². The predicted molar refractivity (Wildman–Crippen MR) is 82.2 cm³/mol. The Morgan fingerprint density at radius 1 is 1.33 bits per heavy atom. The van der Waals surface area contributed by atoms with Crippen LogP contribution in [-0.2, 0) is 6.42 Å². The topological polar surface area (TPSA) is 50.9 Å². The van der Waals surface area contributed by atoms with Crippen LogP contribution in [0, 0.1) is 3.57 Å². The van der Waals surface area contributed by atoms with Gasteiger partial charge in [0.05, 0.1) is 11.1 Å². The first-order valence-corrected chi connectivity index (χ1v) is 6.97. The molecule has 0 aliphatic rings. The fraction of sp³-hybridized carbons (Fsp3) is 0.154. The number of pyridine rings is 1. The first-order chi connectivity index (χ1) is 8.72. The Kier molecular flexibility index (Phi) is 4.94. The fourth-order valence-electron chi connectivity index (χ4n) is 1.81. The molecule has 3 nitrogen and oxygen atoms in total. The first kappa shape index (κ1) is 13.7. The van der Waals surface area contributed by atoms with Crippen molar-refractivity contribution in [3.8, 4) is 0 Å². The Morgan fingerprint density at radius 2 is 2.11 bits per heavy atom. The van der Waals surface area contributed by atoms with Crippen LogP contribution in [0.3, 0.4) is 0 Å². The van der Waals surface area contributed by atoms with Crippen molar-refractivity contribution in [2.45, 2.75) is 12.5 Å². The molecule has 0 bridgehead atoms. The van der Waals surface area contributed by atoms with Gasteiger partial charge >= 0.3 is 0 Å². The summed E-state index contributed by atoms with van der Waals surface area (Å²) in [7, 11) is 0. The Morgan fingerprint density at radius 3 is 2.78 bits per heavy atom. The van der Waals surface area contributed by atoms with Crippen LogP contribution in [0.15, 0.2) is 42.7 Å². The number of hydrogen-bond donors (Lipinski definition) is 2. The number of aromatic nitrogens is 1. The maximum atomic E-state index is 6.12. The lowest BCUT2D eigenvalue weighted by Crippen LogP contribution is -2.30. The molecular formula is C13H13ClIN3. The van der Waals surface area contributed by atoms with Crippen molar-refractivity contribution < 1.29 is 0 Å². The molecule has 1 heterocycles. The highest BCUT2D eigenvalue weighted by Gasteiger charge is 2.14. The number of rotatable bonds is 4. The molecule has 0 amide bonds. The molecule has 2 aromatic rings. The molecule has 5 heteroatoms. The van der Waals surface area contributed by atoms with E-state index in [4.69, 9.17) is 17.4 Å². The molecule has 0 aliphatic heterocycles. The van der Waals surface area contributed by atoms with Gasteiger partial charge in [-0.1, -0.05) is 29.8 Å². The average molecular weight is 374 g/mol. The van der Waals surface area contributed by atoms with Crippen molar-refractivity contribution in [2.75, 3.05) is 0 Å². The minimum atomic E-state index is 0.0398. The summed E-state index contributed by atoms with van der Waals surface area (Å²) in [5.41, 5.74) is 5.06. The highest BCUT2D eigenvalue weighted by molar-refractivity contribution is 14.1. The van der Waals surface area contributed by atoms with Gasteiger partial charge in [0.2, 0.25) is 0 Å². The molecule has 0 spiro atoms. The van der Waals surface area contributed by atoms with E-state index in [0.717, 1.165) is 12.0 Å². The van der Waals surface area contributed by atoms with Gasteiger partial charge < -0.3 is 0 Å². The predicted octanol–water partition coefficient (Wildman–Crippen LogP) is 3.09. The highest BCUT2D eigenvalue weighted by Crippen LogP contribution is 2.25. The zero-order valence-corrected chi connectivity index (χ0v) is 12.5. The molecular weight excluding hydrogens is 361 g/mol. The van der Waals surface area contributed by atoms with E-state index >= 15 is 0 Å². The van der Waals surface area contributed by atoms with Gasteiger partial charge in [-0.15, -0.1) is 0 Å². The summed E-state index contributed by atoms with van der Waals surface area (Å²) in [5, 5.41) is 0.670. The molecule has 1 unspecified atom stereocenters. The summed E-state index contributed by atoms with van der Waals surface area (Å²) in [6.45, 7) is 0. The third-order valence-corrected chi connectivity index (χ3v) is 4.09. The van der Waals surface area contributed by atoms with E-state index in [-0.39, 0.29) is 6.04 Å². The van der Waals surface area contributed by atoms with Gasteiger partial charge in [0.15, 0.2) is 0 Å². The summed E-state index contributed by atoms with van der Waals surface area (Å²) in [6, 6.07) is 10.1. The molecule has 0 radical (unpaired) electrons. The number of nitrogens with one attached hydrogen (secondary N) is 1. The number of hydrogen-bond acceptors (Lipinski definition) is 3. The lowest BCUT2D eigenvalue weighted by molar-refractivity contribution is 0.549. The van der Waals surface area contributed by atoms with Crippen molar-refractivity contribution in [3.63, 3.8) is 0 Å². The summed E-state index contributed by atoms with van der Waals surface area (Å²) >= 11 is 8.43. The van der Waals surface area contributed by atoms with E-state index in [0.29, 0.717) is 5.02 Å². The van der Waals surface area contributed by atoms with Crippen LogP contribution >= 0.6 is 34.2 Å². The summed E-state index contributed by atoms with van der Waals surface area (Å²) in [6.07, 6.45) is 4.13. The van der Waals surface area contributed by atoms with Gasteiger partial charge in [-0.2, -0.15) is 0 Å². The van der Waals surface area contributed by atoms with Crippen LogP contribution in [0.25, 0.3) is 0 Å². The highest BCUT2D eigenvalue weighted by atomic mass is 127.